The van der Waals surface area contributed by atoms with E-state index in [0.717, 1.165) is 22.0 Å². The van der Waals surface area contributed by atoms with Crippen molar-refractivity contribution in [2.75, 3.05) is 11.9 Å². The molecule has 1 N–H and O–H groups in total. The SMILES string of the molecule is Cc1c(C#N)c(NC(=O)COC(=O)c2ccc(=O)n(C)n2)n(Cc2ccc(F)cc2)c1C. The average Bonchev–Trinajstić information content (AvgIpc) is 2.99. The second kappa shape index (κ2) is 9.26. The molecule has 0 aliphatic heterocycles. The van der Waals surface area contributed by atoms with E-state index < -0.39 is 24.0 Å². The summed E-state index contributed by atoms with van der Waals surface area (Å²) in [6, 6.07) is 10.3. The lowest BCUT2D eigenvalue weighted by Gasteiger charge is -2.13. The lowest BCUT2D eigenvalue weighted by molar-refractivity contribution is -0.119. The first kappa shape index (κ1) is 22.4. The monoisotopic (exact) mass is 437 g/mol. The van der Waals surface area contributed by atoms with Crippen LogP contribution in [0.5, 0.6) is 0 Å². The first-order chi connectivity index (χ1) is 15.2. The van der Waals surface area contributed by atoms with Crippen LogP contribution in [0.3, 0.4) is 0 Å². The van der Waals surface area contributed by atoms with Crippen molar-refractivity contribution in [3.63, 3.8) is 0 Å². The number of amides is 1. The molecule has 0 radical (unpaired) electrons. The highest BCUT2D eigenvalue weighted by Gasteiger charge is 2.21. The minimum absolute atomic E-state index is 0.121. The molecule has 1 aromatic carbocycles. The Labute approximate surface area is 182 Å². The van der Waals surface area contributed by atoms with Gasteiger partial charge in [0.05, 0.1) is 5.56 Å². The zero-order valence-electron chi connectivity index (χ0n) is 17.7. The molecule has 0 unspecified atom stereocenters. The predicted octanol–water partition coefficient (Wildman–Crippen LogP) is 2.05. The number of esters is 1. The standard InChI is InChI=1S/C22H20FN5O4/c1-13-14(2)28(11-15-4-6-16(23)7-5-15)21(17(13)10-24)25-19(29)12-32-22(31)18-8-9-20(30)27(3)26-18/h4-9H,11-12H2,1-3H3,(H,25,29). The lowest BCUT2D eigenvalue weighted by atomic mass is 10.2. The minimum Gasteiger partial charge on any atom is -0.451 e. The van der Waals surface area contributed by atoms with Crippen molar-refractivity contribution in [1.82, 2.24) is 14.3 Å². The van der Waals surface area contributed by atoms with E-state index in [1.807, 2.05) is 0 Å². The second-order valence-corrected chi connectivity index (χ2v) is 7.06. The normalized spacial score (nSPS) is 10.5. The second-order valence-electron chi connectivity index (χ2n) is 7.06. The number of nitrogens with zero attached hydrogens (tertiary/aromatic N) is 4. The number of nitrogens with one attached hydrogen (secondary N) is 1. The van der Waals surface area contributed by atoms with E-state index in [1.165, 1.54) is 25.2 Å². The maximum absolute atomic E-state index is 13.2. The molecule has 10 heteroatoms. The van der Waals surface area contributed by atoms with Gasteiger partial charge in [0.2, 0.25) is 0 Å². The molecule has 2 heterocycles. The Morgan fingerprint density at radius 3 is 2.50 bits per heavy atom. The molecule has 0 bridgehead atoms. The Bertz CT molecular complexity index is 1290. The van der Waals surface area contributed by atoms with Gasteiger partial charge in [0.15, 0.2) is 12.3 Å². The molecule has 9 nitrogen and oxygen atoms in total. The van der Waals surface area contributed by atoms with E-state index in [4.69, 9.17) is 4.74 Å². The summed E-state index contributed by atoms with van der Waals surface area (Å²) in [7, 11) is 1.38. The molecule has 0 aliphatic rings. The van der Waals surface area contributed by atoms with Gasteiger partial charge in [-0.1, -0.05) is 12.1 Å². The van der Waals surface area contributed by atoms with Crippen LogP contribution in [0.25, 0.3) is 0 Å². The third kappa shape index (κ3) is 4.73. The summed E-state index contributed by atoms with van der Waals surface area (Å²) < 4.78 is 20.9. The molecule has 0 saturated carbocycles. The number of halogens is 1. The Balaban J connectivity index is 1.77. The summed E-state index contributed by atoms with van der Waals surface area (Å²) >= 11 is 0. The van der Waals surface area contributed by atoms with Crippen LogP contribution in [0.4, 0.5) is 10.2 Å². The number of hydrogen-bond donors (Lipinski definition) is 1. The number of ether oxygens (including phenoxy) is 1. The Morgan fingerprint density at radius 1 is 1.19 bits per heavy atom. The van der Waals surface area contributed by atoms with Gasteiger partial charge in [0, 0.05) is 25.4 Å². The van der Waals surface area contributed by atoms with Gasteiger partial charge in [0.25, 0.3) is 11.5 Å². The van der Waals surface area contributed by atoms with E-state index in [-0.39, 0.29) is 22.9 Å². The summed E-state index contributed by atoms with van der Waals surface area (Å²) in [5, 5.41) is 16.0. The van der Waals surface area contributed by atoms with Gasteiger partial charge in [-0.2, -0.15) is 10.4 Å². The predicted molar refractivity (Wildman–Crippen MR) is 113 cm³/mol. The molecule has 3 rings (SSSR count). The smallest absolute Gasteiger partial charge is 0.359 e. The molecule has 32 heavy (non-hydrogen) atoms. The van der Waals surface area contributed by atoms with Gasteiger partial charge in [-0.25, -0.2) is 13.9 Å². The number of anilines is 1. The van der Waals surface area contributed by atoms with Crippen molar-refractivity contribution in [1.29, 1.82) is 5.26 Å². The zero-order valence-corrected chi connectivity index (χ0v) is 17.7. The number of carbonyl (C=O) groups excluding carboxylic acids is 2. The van der Waals surface area contributed by atoms with Crippen molar-refractivity contribution in [2.45, 2.75) is 20.4 Å². The van der Waals surface area contributed by atoms with E-state index in [2.05, 4.69) is 16.5 Å². The molecule has 2 aromatic heterocycles. The van der Waals surface area contributed by atoms with Crippen LogP contribution in [0.1, 0.15) is 32.9 Å². The number of rotatable bonds is 6. The molecule has 0 saturated heterocycles. The number of nitriles is 1. The summed E-state index contributed by atoms with van der Waals surface area (Å²) in [4.78, 5) is 36.0. The van der Waals surface area contributed by atoms with Crippen molar-refractivity contribution >= 4 is 17.7 Å². The quantitative estimate of drug-likeness (QED) is 0.590. The van der Waals surface area contributed by atoms with Gasteiger partial charge in [-0.05, 0) is 43.2 Å². The van der Waals surface area contributed by atoms with Crippen LogP contribution in [0.15, 0.2) is 41.2 Å². The minimum atomic E-state index is -0.870. The fourth-order valence-corrected chi connectivity index (χ4v) is 3.08. The van der Waals surface area contributed by atoms with Crippen LogP contribution in [-0.4, -0.2) is 32.8 Å². The van der Waals surface area contributed by atoms with Crippen molar-refractivity contribution in [3.8, 4) is 6.07 Å². The maximum Gasteiger partial charge on any atom is 0.359 e. The molecule has 3 aromatic rings. The zero-order chi connectivity index (χ0) is 23.4. The fraction of sp³-hybridized carbons (Fsp3) is 0.227. The maximum atomic E-state index is 13.2. The van der Waals surface area contributed by atoms with Gasteiger partial charge >= 0.3 is 5.97 Å². The highest BCUT2D eigenvalue weighted by molar-refractivity contribution is 5.95. The largest absolute Gasteiger partial charge is 0.451 e. The van der Waals surface area contributed by atoms with E-state index >= 15 is 0 Å². The van der Waals surface area contributed by atoms with E-state index in [1.54, 1.807) is 30.5 Å². The van der Waals surface area contributed by atoms with Crippen molar-refractivity contribution in [2.24, 2.45) is 7.05 Å². The Kier molecular flexibility index (Phi) is 6.49. The van der Waals surface area contributed by atoms with Gasteiger partial charge in [-0.3, -0.25) is 9.59 Å². The van der Waals surface area contributed by atoms with Gasteiger partial charge in [-0.15, -0.1) is 0 Å². The topological polar surface area (TPSA) is 119 Å². The molecule has 0 spiro atoms. The summed E-state index contributed by atoms with van der Waals surface area (Å²) in [5.41, 5.74) is 1.99. The summed E-state index contributed by atoms with van der Waals surface area (Å²) in [6.07, 6.45) is 0. The highest BCUT2D eigenvalue weighted by atomic mass is 19.1. The van der Waals surface area contributed by atoms with Crippen LogP contribution < -0.4 is 10.9 Å². The first-order valence-corrected chi connectivity index (χ1v) is 9.56. The van der Waals surface area contributed by atoms with Gasteiger partial charge < -0.3 is 14.6 Å². The fourth-order valence-electron chi connectivity index (χ4n) is 3.08. The van der Waals surface area contributed by atoms with Crippen LogP contribution in [-0.2, 0) is 23.1 Å². The molecular formula is C22H20FN5O4. The number of benzene rings is 1. The number of aromatic nitrogens is 3. The third-order valence-corrected chi connectivity index (χ3v) is 4.96. The van der Waals surface area contributed by atoms with Crippen molar-refractivity contribution < 1.29 is 18.7 Å². The summed E-state index contributed by atoms with van der Waals surface area (Å²) in [6.45, 7) is 3.25. The third-order valence-electron chi connectivity index (χ3n) is 4.96. The number of aryl methyl sites for hydroxylation is 1. The summed E-state index contributed by atoms with van der Waals surface area (Å²) in [5.74, 6) is -1.63. The van der Waals surface area contributed by atoms with Crippen LogP contribution in [0, 0.1) is 31.0 Å². The first-order valence-electron chi connectivity index (χ1n) is 9.56. The molecule has 0 fully saturated rings. The molecule has 1 amide bonds. The number of hydrogen-bond acceptors (Lipinski definition) is 6. The van der Waals surface area contributed by atoms with Gasteiger partial charge in [0.1, 0.15) is 17.7 Å². The molecular weight excluding hydrogens is 417 g/mol. The highest BCUT2D eigenvalue weighted by Crippen LogP contribution is 2.27. The Hall–Kier alpha value is -4.26. The molecule has 0 atom stereocenters. The molecule has 164 valence electrons. The molecule has 0 aliphatic carbocycles. The Morgan fingerprint density at radius 2 is 1.88 bits per heavy atom. The average molecular weight is 437 g/mol. The lowest BCUT2D eigenvalue weighted by Crippen LogP contribution is -2.25. The van der Waals surface area contributed by atoms with E-state index in [0.29, 0.717) is 12.1 Å². The van der Waals surface area contributed by atoms with Crippen molar-refractivity contribution in [3.05, 3.63) is 80.6 Å². The van der Waals surface area contributed by atoms with E-state index in [9.17, 15) is 24.0 Å². The van der Waals surface area contributed by atoms with Crippen LogP contribution >= 0.6 is 0 Å². The number of carbonyl (C=O) groups is 2. The van der Waals surface area contributed by atoms with Crippen LogP contribution in [0.2, 0.25) is 0 Å².